The number of anilines is 1. The number of pyridine rings is 1. The molecule has 2 aromatic rings. The van der Waals surface area contributed by atoms with Gasteiger partial charge in [0.25, 0.3) is 0 Å². The summed E-state index contributed by atoms with van der Waals surface area (Å²) in [4.78, 5) is 17.0. The number of nitro groups is 1. The molecule has 0 radical (unpaired) electrons. The fraction of sp³-hybridized carbons (Fsp3) is 0.312. The Balaban J connectivity index is 2.01. The van der Waals surface area contributed by atoms with Crippen molar-refractivity contribution in [1.29, 1.82) is 0 Å². The van der Waals surface area contributed by atoms with E-state index in [0.29, 0.717) is 5.82 Å². The number of fused-ring (bicyclic) bond motifs is 1. The minimum Gasteiger partial charge on any atom is -0.347 e. The summed E-state index contributed by atoms with van der Waals surface area (Å²) >= 11 is 0. The SMILES string of the molecule is CN(c1ncccc1[N+](=O)[O-])[C@H]1CCCc2ccccc21. The van der Waals surface area contributed by atoms with Crippen molar-refractivity contribution in [2.75, 3.05) is 11.9 Å². The van der Waals surface area contributed by atoms with Crippen LogP contribution in [0.15, 0.2) is 42.6 Å². The average Bonchev–Trinajstić information content (AvgIpc) is 2.53. The Kier molecular flexibility index (Phi) is 3.56. The van der Waals surface area contributed by atoms with Gasteiger partial charge in [0.05, 0.1) is 11.0 Å². The molecule has 0 fully saturated rings. The zero-order valence-electron chi connectivity index (χ0n) is 11.9. The number of nitrogens with zero attached hydrogens (tertiary/aromatic N) is 3. The maximum Gasteiger partial charge on any atom is 0.311 e. The Hall–Kier alpha value is -2.43. The van der Waals surface area contributed by atoms with Crippen molar-refractivity contribution in [3.05, 3.63) is 63.8 Å². The minimum atomic E-state index is -0.367. The molecule has 1 aliphatic carbocycles. The van der Waals surface area contributed by atoms with Gasteiger partial charge in [-0.15, -0.1) is 0 Å². The molecule has 21 heavy (non-hydrogen) atoms. The van der Waals surface area contributed by atoms with Crippen molar-refractivity contribution in [3.8, 4) is 0 Å². The van der Waals surface area contributed by atoms with E-state index in [9.17, 15) is 10.1 Å². The lowest BCUT2D eigenvalue weighted by molar-refractivity contribution is -0.384. The zero-order chi connectivity index (χ0) is 14.8. The lowest BCUT2D eigenvalue weighted by Gasteiger charge is -2.33. The molecule has 3 rings (SSSR count). The van der Waals surface area contributed by atoms with Gasteiger partial charge in [-0.05, 0) is 36.5 Å². The number of benzene rings is 1. The summed E-state index contributed by atoms with van der Waals surface area (Å²) in [6, 6.07) is 11.6. The molecular formula is C16H17N3O2. The Bertz CT molecular complexity index is 672. The summed E-state index contributed by atoms with van der Waals surface area (Å²) in [6.45, 7) is 0. The van der Waals surface area contributed by atoms with Crippen molar-refractivity contribution >= 4 is 11.5 Å². The topological polar surface area (TPSA) is 59.3 Å². The van der Waals surface area contributed by atoms with E-state index < -0.39 is 0 Å². The quantitative estimate of drug-likeness (QED) is 0.639. The predicted molar refractivity (Wildman–Crippen MR) is 81.4 cm³/mol. The first-order valence-corrected chi connectivity index (χ1v) is 7.08. The summed E-state index contributed by atoms with van der Waals surface area (Å²) in [5.41, 5.74) is 2.65. The Morgan fingerprint density at radius 2 is 2.10 bits per heavy atom. The highest BCUT2D eigenvalue weighted by molar-refractivity contribution is 5.58. The van der Waals surface area contributed by atoms with Crippen LogP contribution in [0.25, 0.3) is 0 Å². The van der Waals surface area contributed by atoms with Crippen LogP contribution in [0.1, 0.15) is 30.0 Å². The zero-order valence-corrected chi connectivity index (χ0v) is 11.9. The Labute approximate surface area is 123 Å². The molecule has 0 saturated carbocycles. The van der Waals surface area contributed by atoms with E-state index in [0.717, 1.165) is 19.3 Å². The molecule has 5 nitrogen and oxygen atoms in total. The molecule has 108 valence electrons. The molecule has 5 heteroatoms. The normalized spacial score (nSPS) is 17.1. The van der Waals surface area contributed by atoms with E-state index in [1.165, 1.54) is 17.2 Å². The molecule has 0 unspecified atom stereocenters. The Morgan fingerprint density at radius 3 is 2.90 bits per heavy atom. The van der Waals surface area contributed by atoms with Crippen molar-refractivity contribution in [1.82, 2.24) is 4.98 Å². The molecule has 0 aliphatic heterocycles. The van der Waals surface area contributed by atoms with Crippen LogP contribution >= 0.6 is 0 Å². The third-order valence-electron chi connectivity index (χ3n) is 4.10. The van der Waals surface area contributed by atoms with Crippen LogP contribution in [0.5, 0.6) is 0 Å². The first kappa shape index (κ1) is 13.5. The summed E-state index contributed by atoms with van der Waals surface area (Å²) < 4.78 is 0. The fourth-order valence-electron chi connectivity index (χ4n) is 3.08. The van der Waals surface area contributed by atoms with E-state index in [2.05, 4.69) is 17.1 Å². The van der Waals surface area contributed by atoms with Crippen molar-refractivity contribution in [2.45, 2.75) is 25.3 Å². The first-order chi connectivity index (χ1) is 10.2. The van der Waals surface area contributed by atoms with Crippen LogP contribution in [0.2, 0.25) is 0 Å². The van der Waals surface area contributed by atoms with Gasteiger partial charge in [-0.25, -0.2) is 4.98 Å². The molecule has 1 heterocycles. The number of hydrogen-bond donors (Lipinski definition) is 0. The fourth-order valence-corrected chi connectivity index (χ4v) is 3.08. The summed E-state index contributed by atoms with van der Waals surface area (Å²) in [6.07, 6.45) is 4.76. The van der Waals surface area contributed by atoms with Crippen LogP contribution in [0.3, 0.4) is 0 Å². The molecule has 1 aliphatic rings. The second kappa shape index (κ2) is 5.52. The number of hydrogen-bond acceptors (Lipinski definition) is 4. The molecule has 1 aromatic heterocycles. The van der Waals surface area contributed by atoms with Gasteiger partial charge in [-0.2, -0.15) is 0 Å². The van der Waals surface area contributed by atoms with Crippen molar-refractivity contribution < 1.29 is 4.92 Å². The molecular weight excluding hydrogens is 266 g/mol. The van der Waals surface area contributed by atoms with Crippen LogP contribution in [0, 0.1) is 10.1 Å². The number of aryl methyl sites for hydroxylation is 1. The van der Waals surface area contributed by atoms with Gasteiger partial charge in [-0.1, -0.05) is 24.3 Å². The van der Waals surface area contributed by atoms with Crippen molar-refractivity contribution in [2.24, 2.45) is 0 Å². The molecule has 0 N–H and O–H groups in total. The van der Waals surface area contributed by atoms with Crippen LogP contribution < -0.4 is 4.90 Å². The van der Waals surface area contributed by atoms with Gasteiger partial charge >= 0.3 is 5.69 Å². The van der Waals surface area contributed by atoms with E-state index in [4.69, 9.17) is 0 Å². The van der Waals surface area contributed by atoms with Crippen LogP contribution in [-0.4, -0.2) is 17.0 Å². The highest BCUT2D eigenvalue weighted by atomic mass is 16.6. The predicted octanol–water partition coefficient (Wildman–Crippen LogP) is 3.50. The molecule has 0 saturated heterocycles. The molecule has 1 aromatic carbocycles. The summed E-state index contributed by atoms with van der Waals surface area (Å²) in [5.74, 6) is 0.434. The van der Waals surface area contributed by atoms with Gasteiger partial charge in [0.1, 0.15) is 0 Å². The maximum absolute atomic E-state index is 11.2. The van der Waals surface area contributed by atoms with Crippen molar-refractivity contribution in [3.63, 3.8) is 0 Å². The van der Waals surface area contributed by atoms with Gasteiger partial charge in [-0.3, -0.25) is 10.1 Å². The molecule has 0 spiro atoms. The number of aromatic nitrogens is 1. The second-order valence-electron chi connectivity index (χ2n) is 5.32. The Morgan fingerprint density at radius 1 is 1.29 bits per heavy atom. The van der Waals surface area contributed by atoms with E-state index in [-0.39, 0.29) is 16.7 Å². The van der Waals surface area contributed by atoms with Gasteiger partial charge in [0, 0.05) is 19.3 Å². The average molecular weight is 283 g/mol. The standard InChI is InChI=1S/C16H17N3O2/c1-18(16-15(19(20)21)10-5-11-17-16)14-9-4-7-12-6-2-3-8-13(12)14/h2-3,5-6,8,10-11,14H,4,7,9H2,1H3/t14-/m0/s1. The second-order valence-corrected chi connectivity index (χ2v) is 5.32. The van der Waals surface area contributed by atoms with Gasteiger partial charge < -0.3 is 4.90 Å². The lowest BCUT2D eigenvalue weighted by atomic mass is 9.87. The molecule has 0 amide bonds. The monoisotopic (exact) mass is 283 g/mol. The van der Waals surface area contributed by atoms with E-state index >= 15 is 0 Å². The van der Waals surface area contributed by atoms with Crippen LogP contribution in [-0.2, 0) is 6.42 Å². The van der Waals surface area contributed by atoms with E-state index in [1.807, 2.05) is 24.1 Å². The van der Waals surface area contributed by atoms with Crippen LogP contribution in [0.4, 0.5) is 11.5 Å². The molecule has 0 bridgehead atoms. The number of rotatable bonds is 3. The minimum absolute atomic E-state index is 0.0584. The lowest BCUT2D eigenvalue weighted by Crippen LogP contribution is -2.28. The highest BCUT2D eigenvalue weighted by Crippen LogP contribution is 2.37. The third-order valence-corrected chi connectivity index (χ3v) is 4.10. The van der Waals surface area contributed by atoms with Gasteiger partial charge in [0.15, 0.2) is 0 Å². The maximum atomic E-state index is 11.2. The third kappa shape index (κ3) is 2.46. The molecule has 1 atom stereocenters. The highest BCUT2D eigenvalue weighted by Gasteiger charge is 2.28. The summed E-state index contributed by atoms with van der Waals surface area (Å²) in [5, 5.41) is 11.2. The smallest absolute Gasteiger partial charge is 0.311 e. The first-order valence-electron chi connectivity index (χ1n) is 7.08. The van der Waals surface area contributed by atoms with E-state index in [1.54, 1.807) is 12.3 Å². The van der Waals surface area contributed by atoms with Gasteiger partial charge in [0.2, 0.25) is 5.82 Å². The summed E-state index contributed by atoms with van der Waals surface area (Å²) in [7, 11) is 1.89. The largest absolute Gasteiger partial charge is 0.347 e.